The Bertz CT molecular complexity index is 307. The molecule has 1 nitrogen and oxygen atoms in total. The Balaban J connectivity index is 2.00. The first-order chi connectivity index (χ1) is 6.79. The Morgan fingerprint density at radius 3 is 2.93 bits per heavy atom. The first-order valence-electron chi connectivity index (χ1n) is 5.11. The lowest BCUT2D eigenvalue weighted by Crippen LogP contribution is -2.13. The van der Waals surface area contributed by atoms with Crippen LogP contribution in [0, 0.1) is 5.92 Å². The summed E-state index contributed by atoms with van der Waals surface area (Å²) in [6.45, 7) is 2.14. The molecule has 1 aliphatic carbocycles. The van der Waals surface area contributed by atoms with Crippen LogP contribution in [0.2, 0.25) is 0 Å². The molecule has 0 radical (unpaired) electrons. The van der Waals surface area contributed by atoms with E-state index >= 15 is 0 Å². The summed E-state index contributed by atoms with van der Waals surface area (Å²) in [7, 11) is 0. The molecule has 2 heteroatoms. The van der Waals surface area contributed by atoms with Crippen molar-refractivity contribution in [3.05, 3.63) is 29.8 Å². The highest BCUT2D eigenvalue weighted by atomic mass is 35.5. The molecule has 1 aromatic rings. The van der Waals surface area contributed by atoms with Gasteiger partial charge in [-0.15, -0.1) is 11.6 Å². The van der Waals surface area contributed by atoms with E-state index in [1.807, 2.05) is 24.3 Å². The molecule has 0 aliphatic heterocycles. The van der Waals surface area contributed by atoms with Gasteiger partial charge in [-0.1, -0.05) is 12.1 Å². The molecule has 1 atom stereocenters. The molecular weight excluding hydrogens is 196 g/mol. The van der Waals surface area contributed by atoms with Crippen molar-refractivity contribution >= 4 is 11.6 Å². The number of benzene rings is 1. The van der Waals surface area contributed by atoms with Crippen LogP contribution in [-0.4, -0.2) is 6.10 Å². The molecule has 0 N–H and O–H groups in total. The number of rotatable bonds is 4. The summed E-state index contributed by atoms with van der Waals surface area (Å²) in [6, 6.07) is 8.02. The van der Waals surface area contributed by atoms with Crippen LogP contribution >= 0.6 is 11.6 Å². The average molecular weight is 211 g/mol. The Kier molecular flexibility index (Phi) is 2.97. The zero-order valence-electron chi connectivity index (χ0n) is 8.37. The number of ether oxygens (including phenoxy) is 1. The summed E-state index contributed by atoms with van der Waals surface area (Å²) in [5, 5.41) is 0. The molecule has 0 spiro atoms. The van der Waals surface area contributed by atoms with Crippen LogP contribution in [0.25, 0.3) is 0 Å². The molecule has 14 heavy (non-hydrogen) atoms. The van der Waals surface area contributed by atoms with Crippen molar-refractivity contribution in [2.24, 2.45) is 5.92 Å². The fourth-order valence-corrected chi connectivity index (χ4v) is 1.74. The second-order valence-corrected chi connectivity index (χ2v) is 4.21. The maximum absolute atomic E-state index is 5.82. The van der Waals surface area contributed by atoms with E-state index in [1.165, 1.54) is 12.8 Å². The van der Waals surface area contributed by atoms with Crippen LogP contribution < -0.4 is 4.74 Å². The van der Waals surface area contributed by atoms with Crippen LogP contribution in [0.1, 0.15) is 25.3 Å². The topological polar surface area (TPSA) is 9.23 Å². The highest BCUT2D eigenvalue weighted by Crippen LogP contribution is 2.34. The lowest BCUT2D eigenvalue weighted by molar-refractivity contribution is 0.198. The minimum absolute atomic E-state index is 0.348. The summed E-state index contributed by atoms with van der Waals surface area (Å²) >= 11 is 5.75. The molecule has 0 aromatic heterocycles. The highest BCUT2D eigenvalue weighted by Gasteiger charge is 2.29. The third-order valence-electron chi connectivity index (χ3n) is 2.66. The molecule has 76 valence electrons. The van der Waals surface area contributed by atoms with Crippen LogP contribution in [0.3, 0.4) is 0 Å². The van der Waals surface area contributed by atoms with Gasteiger partial charge in [0.15, 0.2) is 0 Å². The second kappa shape index (κ2) is 4.22. The van der Waals surface area contributed by atoms with E-state index in [0.29, 0.717) is 12.0 Å². The summed E-state index contributed by atoms with van der Waals surface area (Å²) in [5.41, 5.74) is 1.12. The smallest absolute Gasteiger partial charge is 0.120 e. The van der Waals surface area contributed by atoms with Crippen molar-refractivity contribution in [2.45, 2.75) is 31.7 Å². The Morgan fingerprint density at radius 1 is 1.50 bits per heavy atom. The third kappa shape index (κ3) is 2.42. The van der Waals surface area contributed by atoms with Gasteiger partial charge in [-0.05, 0) is 43.4 Å². The van der Waals surface area contributed by atoms with E-state index in [-0.39, 0.29) is 0 Å². The van der Waals surface area contributed by atoms with E-state index in [2.05, 4.69) is 6.92 Å². The molecule has 0 unspecified atom stereocenters. The summed E-state index contributed by atoms with van der Waals surface area (Å²) < 4.78 is 5.82. The predicted octanol–water partition coefficient (Wildman–Crippen LogP) is 3.60. The van der Waals surface area contributed by atoms with Gasteiger partial charge in [-0.25, -0.2) is 0 Å². The molecule has 1 aromatic carbocycles. The number of hydrogen-bond donors (Lipinski definition) is 0. The Hall–Kier alpha value is -0.690. The van der Waals surface area contributed by atoms with Crippen LogP contribution in [0.5, 0.6) is 5.75 Å². The number of halogens is 1. The van der Waals surface area contributed by atoms with Gasteiger partial charge in [0.2, 0.25) is 0 Å². The molecule has 0 amide bonds. The molecule has 1 aliphatic rings. The van der Waals surface area contributed by atoms with Crippen molar-refractivity contribution in [3.8, 4) is 5.75 Å². The molecule has 0 saturated heterocycles. The minimum atomic E-state index is 0.348. The van der Waals surface area contributed by atoms with Crippen molar-refractivity contribution in [1.82, 2.24) is 0 Å². The van der Waals surface area contributed by atoms with E-state index < -0.39 is 0 Å². The summed E-state index contributed by atoms with van der Waals surface area (Å²) in [4.78, 5) is 0. The highest BCUT2D eigenvalue weighted by molar-refractivity contribution is 6.17. The van der Waals surface area contributed by atoms with Gasteiger partial charge >= 0.3 is 0 Å². The van der Waals surface area contributed by atoms with E-state index in [0.717, 1.165) is 17.2 Å². The SMILES string of the molecule is C[C@H](Oc1cccc(CCl)c1)C1CC1. The molecule has 0 bridgehead atoms. The lowest BCUT2D eigenvalue weighted by Gasteiger charge is -2.14. The van der Waals surface area contributed by atoms with Crippen molar-refractivity contribution in [1.29, 1.82) is 0 Å². The van der Waals surface area contributed by atoms with Gasteiger partial charge in [0.1, 0.15) is 5.75 Å². The maximum Gasteiger partial charge on any atom is 0.120 e. The fourth-order valence-electron chi connectivity index (χ4n) is 1.58. The van der Waals surface area contributed by atoms with Crippen LogP contribution in [0.15, 0.2) is 24.3 Å². The largest absolute Gasteiger partial charge is 0.490 e. The van der Waals surface area contributed by atoms with E-state index in [9.17, 15) is 0 Å². The lowest BCUT2D eigenvalue weighted by atomic mass is 10.2. The number of hydrogen-bond acceptors (Lipinski definition) is 1. The Labute approximate surface area is 90.0 Å². The Morgan fingerprint density at radius 2 is 2.29 bits per heavy atom. The fraction of sp³-hybridized carbons (Fsp3) is 0.500. The van der Waals surface area contributed by atoms with Gasteiger partial charge in [-0.3, -0.25) is 0 Å². The van der Waals surface area contributed by atoms with Gasteiger partial charge < -0.3 is 4.74 Å². The maximum atomic E-state index is 5.82. The zero-order valence-corrected chi connectivity index (χ0v) is 9.13. The quantitative estimate of drug-likeness (QED) is 0.690. The van der Waals surface area contributed by atoms with Gasteiger partial charge in [-0.2, -0.15) is 0 Å². The van der Waals surface area contributed by atoms with E-state index in [4.69, 9.17) is 16.3 Å². The van der Waals surface area contributed by atoms with E-state index in [1.54, 1.807) is 0 Å². The van der Waals surface area contributed by atoms with Crippen LogP contribution in [0.4, 0.5) is 0 Å². The normalized spacial score (nSPS) is 17.9. The van der Waals surface area contributed by atoms with Gasteiger partial charge in [0.25, 0.3) is 0 Å². The first-order valence-corrected chi connectivity index (χ1v) is 5.64. The van der Waals surface area contributed by atoms with Gasteiger partial charge in [0, 0.05) is 5.88 Å². The van der Waals surface area contributed by atoms with Crippen molar-refractivity contribution < 1.29 is 4.74 Å². The summed E-state index contributed by atoms with van der Waals surface area (Å²) in [5.74, 6) is 2.27. The van der Waals surface area contributed by atoms with Gasteiger partial charge in [0.05, 0.1) is 6.10 Å². The standard InChI is InChI=1S/C12H15ClO/c1-9(11-5-6-11)14-12-4-2-3-10(7-12)8-13/h2-4,7,9,11H,5-6,8H2,1H3/t9-/m0/s1. The minimum Gasteiger partial charge on any atom is -0.490 e. The zero-order chi connectivity index (χ0) is 9.97. The number of alkyl halides is 1. The van der Waals surface area contributed by atoms with Crippen molar-refractivity contribution in [3.63, 3.8) is 0 Å². The average Bonchev–Trinajstić information content (AvgIpc) is 3.01. The first kappa shape index (κ1) is 9.85. The second-order valence-electron chi connectivity index (χ2n) is 3.94. The predicted molar refractivity (Wildman–Crippen MR) is 58.8 cm³/mol. The molecule has 2 rings (SSSR count). The summed E-state index contributed by atoms with van der Waals surface area (Å²) in [6.07, 6.45) is 2.98. The third-order valence-corrected chi connectivity index (χ3v) is 2.97. The van der Waals surface area contributed by atoms with Crippen LogP contribution in [-0.2, 0) is 5.88 Å². The monoisotopic (exact) mass is 210 g/mol. The molecule has 1 fully saturated rings. The molecule has 0 heterocycles. The molecular formula is C12H15ClO. The van der Waals surface area contributed by atoms with Crippen molar-refractivity contribution in [2.75, 3.05) is 0 Å². The molecule has 1 saturated carbocycles.